The van der Waals surface area contributed by atoms with Gasteiger partial charge in [-0.05, 0) is 80.7 Å². The molecule has 5 aliphatic heterocycles. The summed E-state index contributed by atoms with van der Waals surface area (Å²) in [6.07, 6.45) is -6.07. The van der Waals surface area contributed by atoms with E-state index in [4.69, 9.17) is 37.9 Å². The number of aromatic nitrogens is 3. The average Bonchev–Trinajstić information content (AvgIpc) is 2.06. The number of fused-ring (bicyclic) bond motifs is 15. The smallest absolute Gasteiger partial charge is 0.341 e. The Morgan fingerprint density at radius 1 is 0.852 bits per heavy atom. The second-order valence-electron chi connectivity index (χ2n) is 25.2. The molecule has 5 aliphatic carbocycles. The highest BCUT2D eigenvalue weighted by Gasteiger charge is 2.93. The van der Waals surface area contributed by atoms with Gasteiger partial charge in [-0.15, -0.1) is 5.10 Å². The Balaban J connectivity index is 0.713. The van der Waals surface area contributed by atoms with Gasteiger partial charge in [-0.25, -0.2) is 9.59 Å². The third kappa shape index (κ3) is 6.73. The van der Waals surface area contributed by atoms with Crippen LogP contribution in [-0.2, 0) is 66.4 Å². The van der Waals surface area contributed by atoms with Gasteiger partial charge in [0.2, 0.25) is 11.7 Å². The standard InChI is InChI=1S/C59H64N4O18/c1-24-40-43(56(6)57(7,73)53(72)81-59(56)50(24)79-59)46(69)41-39-42(48(75-25(2)64)51(55(40,41)5)76-26(3)65)54(4)34(21-37-47(78-37)49(54)70)44(45(39)68)60-38(67)13-10-18-63-22-27(61-62-63)23-74-29-15-17-33-36(20-29)77-35-19-28(66)14-16-32(35)58(33)31-12-9-8-11-30(31)52(71)80-58/h8-9,11-12,14-17,19-20,22,24,34,37,39-51,66,68-70,73H,10,13,18,21,23H2,1-7H3,(H,60,67)/t24-,34+,37-,39?,40-,41+,42?,43-,44+,45+,46+,47-,48-,49-,50+,51-,54-,55+,56-,57+,58?,59-/m0/s1. The number of ether oxygens (including phenoxy) is 8. The van der Waals surface area contributed by atoms with Crippen LogP contribution < -0.4 is 14.8 Å². The molecule has 10 aliphatic rings. The molecule has 14 rings (SSSR count). The van der Waals surface area contributed by atoms with Crippen molar-refractivity contribution in [3.63, 3.8) is 0 Å². The van der Waals surface area contributed by atoms with Crippen LogP contribution in [0.2, 0.25) is 0 Å². The maximum Gasteiger partial charge on any atom is 0.341 e. The van der Waals surface area contributed by atoms with Crippen molar-refractivity contribution in [1.29, 1.82) is 0 Å². The fraction of sp³-hybridized carbons (Fsp3) is 0.576. The van der Waals surface area contributed by atoms with Gasteiger partial charge in [0.05, 0.1) is 47.6 Å². The van der Waals surface area contributed by atoms with E-state index in [1.165, 1.54) is 32.9 Å². The first-order valence-corrected chi connectivity index (χ1v) is 27.9. The van der Waals surface area contributed by atoms with Crippen molar-refractivity contribution < 1.29 is 87.4 Å². The molecule has 3 aromatic carbocycles. The van der Waals surface area contributed by atoms with E-state index in [0.29, 0.717) is 58.0 Å². The van der Waals surface area contributed by atoms with E-state index in [9.17, 15) is 49.5 Å². The molecule has 1 amide bonds. The number of hydrogen-bond donors (Lipinski definition) is 6. The van der Waals surface area contributed by atoms with Crippen molar-refractivity contribution in [2.75, 3.05) is 0 Å². The zero-order valence-electron chi connectivity index (χ0n) is 45.5. The number of phenolic OH excluding ortho intramolecular Hbond substituents is 1. The van der Waals surface area contributed by atoms with Crippen LogP contribution in [0.4, 0.5) is 0 Å². The van der Waals surface area contributed by atoms with Crippen molar-refractivity contribution in [3.8, 4) is 23.0 Å². The number of nitrogens with zero attached hydrogens (tertiary/aromatic N) is 3. The predicted octanol–water partition coefficient (Wildman–Crippen LogP) is 3.32. The summed E-state index contributed by atoms with van der Waals surface area (Å²) in [6, 6.07) is 16.0. The highest BCUT2D eigenvalue weighted by atomic mass is 16.8. The van der Waals surface area contributed by atoms with Crippen molar-refractivity contribution in [2.24, 2.45) is 57.7 Å². The number of aliphatic hydroxyl groups excluding tert-OH is 3. The van der Waals surface area contributed by atoms with E-state index in [-0.39, 0.29) is 31.4 Å². The topological polar surface area (TPSA) is 310 Å². The average molecular weight is 1120 g/mol. The SMILES string of the molecule is CC(=O)O[C@H]1C2C([C@@H](O)[C@H](NC(=O)CCCn3cc(COc4ccc5c(c4)Oc4cc(O)ccc4C54OC(=O)c5ccccc54)nn3)[C@H]3C[C@@H]4O[C@@H]4[C@H](O)[C@]23C)[C@@H]2[C@@H](O)[C@@H]3[C@H]([C@H](C)[C@H]4O[C@]45OC(=O)[C@@](C)(O)[C@]35C)[C@@]2(C)[C@H]1OC(C)=O. The molecule has 428 valence electrons. The van der Waals surface area contributed by atoms with Crippen LogP contribution in [0.3, 0.4) is 0 Å². The molecule has 1 aromatic heterocycles. The Bertz CT molecular complexity index is 3390. The van der Waals surface area contributed by atoms with Crippen molar-refractivity contribution in [2.45, 2.75) is 153 Å². The van der Waals surface area contributed by atoms with Crippen molar-refractivity contribution in [3.05, 3.63) is 94.8 Å². The Morgan fingerprint density at radius 2 is 1.58 bits per heavy atom. The van der Waals surface area contributed by atoms with Crippen LogP contribution in [0.25, 0.3) is 0 Å². The van der Waals surface area contributed by atoms with E-state index in [1.54, 1.807) is 54.2 Å². The maximum absolute atomic E-state index is 14.4. The quantitative estimate of drug-likeness (QED) is 0.0754. The second-order valence-corrected chi connectivity index (χ2v) is 25.2. The number of benzene rings is 3. The largest absolute Gasteiger partial charge is 0.508 e. The molecule has 22 atom stereocenters. The molecular formula is C59H64N4O18. The summed E-state index contributed by atoms with van der Waals surface area (Å²) in [6.45, 7) is 11.3. The van der Waals surface area contributed by atoms with Gasteiger partial charge in [-0.1, -0.05) is 44.2 Å². The number of esters is 4. The highest BCUT2D eigenvalue weighted by molar-refractivity contribution is 5.97. The fourth-order valence-electron chi connectivity index (χ4n) is 18.1. The zero-order chi connectivity index (χ0) is 57.0. The lowest BCUT2D eigenvalue weighted by Crippen LogP contribution is -2.76. The molecule has 3 unspecified atom stereocenters. The number of aliphatic hydroxyl groups is 4. The van der Waals surface area contributed by atoms with E-state index in [0.717, 1.165) is 0 Å². The number of nitrogens with one attached hydrogen (secondary N) is 1. The summed E-state index contributed by atoms with van der Waals surface area (Å²) in [7, 11) is 0. The molecule has 6 N–H and O–H groups in total. The minimum atomic E-state index is -2.16. The molecule has 6 heterocycles. The van der Waals surface area contributed by atoms with Gasteiger partial charge in [0.1, 0.15) is 59.7 Å². The molecule has 4 aromatic rings. The first-order valence-electron chi connectivity index (χ1n) is 27.9. The lowest BCUT2D eigenvalue weighted by atomic mass is 9.40. The van der Waals surface area contributed by atoms with Gasteiger partial charge in [-0.2, -0.15) is 0 Å². The van der Waals surface area contributed by atoms with Crippen LogP contribution in [0.15, 0.2) is 66.9 Å². The summed E-state index contributed by atoms with van der Waals surface area (Å²) < 4.78 is 51.1. The Hall–Kier alpha value is -6.69. The van der Waals surface area contributed by atoms with E-state index < -0.39 is 153 Å². The number of carbonyl (C=O) groups is 5. The summed E-state index contributed by atoms with van der Waals surface area (Å²) in [4.78, 5) is 68.0. The van der Waals surface area contributed by atoms with Crippen LogP contribution >= 0.6 is 0 Å². The van der Waals surface area contributed by atoms with E-state index in [1.807, 2.05) is 32.9 Å². The molecular weight excluding hydrogens is 1050 g/mol. The third-order valence-electron chi connectivity index (χ3n) is 21.5. The molecule has 8 fully saturated rings. The first-order chi connectivity index (χ1) is 38.4. The molecule has 22 nitrogen and oxygen atoms in total. The number of rotatable bonds is 10. The molecule has 22 heteroatoms. The minimum Gasteiger partial charge on any atom is -0.508 e. The zero-order valence-corrected chi connectivity index (χ0v) is 45.5. The van der Waals surface area contributed by atoms with Crippen LogP contribution in [0, 0.1) is 57.7 Å². The minimum absolute atomic E-state index is 0.00762. The number of aromatic hydroxyl groups is 1. The van der Waals surface area contributed by atoms with E-state index >= 15 is 0 Å². The van der Waals surface area contributed by atoms with E-state index in [2.05, 4.69) is 15.6 Å². The fourth-order valence-corrected chi connectivity index (χ4v) is 18.1. The Kier molecular flexibility index (Phi) is 11.1. The number of phenols is 1. The summed E-state index contributed by atoms with van der Waals surface area (Å²) >= 11 is 0. The lowest BCUT2D eigenvalue weighted by molar-refractivity contribution is -0.285. The number of aryl methyl sites for hydroxylation is 1. The van der Waals surface area contributed by atoms with Gasteiger partial charge in [0.25, 0.3) is 0 Å². The molecule has 5 saturated carbocycles. The molecule has 81 heavy (non-hydrogen) atoms. The summed E-state index contributed by atoms with van der Waals surface area (Å²) in [5, 5.41) is 73.3. The molecule has 0 bridgehead atoms. The number of carbonyl (C=O) groups excluding carboxylic acids is 5. The third-order valence-corrected chi connectivity index (χ3v) is 21.5. The number of epoxide rings is 2. The van der Waals surface area contributed by atoms with Gasteiger partial charge < -0.3 is 68.7 Å². The normalized spacial score (nSPS) is 43.6. The summed E-state index contributed by atoms with van der Waals surface area (Å²) in [5.74, 6) is -9.60. The molecule has 2 spiro atoms. The van der Waals surface area contributed by atoms with Crippen LogP contribution in [0.1, 0.15) is 100 Å². The monoisotopic (exact) mass is 1120 g/mol. The van der Waals surface area contributed by atoms with Crippen molar-refractivity contribution >= 4 is 29.8 Å². The van der Waals surface area contributed by atoms with Gasteiger partial charge in [-0.3, -0.25) is 19.1 Å². The predicted molar refractivity (Wildman–Crippen MR) is 273 cm³/mol. The van der Waals surface area contributed by atoms with Crippen molar-refractivity contribution in [1.82, 2.24) is 20.3 Å². The Morgan fingerprint density at radius 3 is 2.33 bits per heavy atom. The molecule has 0 radical (unpaired) electrons. The van der Waals surface area contributed by atoms with Gasteiger partial charge >= 0.3 is 23.9 Å². The maximum atomic E-state index is 14.4. The number of amides is 1. The van der Waals surface area contributed by atoms with Crippen LogP contribution in [-0.4, -0.2) is 137 Å². The van der Waals surface area contributed by atoms with Gasteiger partial charge in [0.15, 0.2) is 11.2 Å². The van der Waals surface area contributed by atoms with Gasteiger partial charge in [0, 0.05) is 84.2 Å². The highest BCUT2D eigenvalue weighted by Crippen LogP contribution is 2.81. The summed E-state index contributed by atoms with van der Waals surface area (Å²) in [5.41, 5.74) is -5.00. The first kappa shape index (κ1) is 52.4. The van der Waals surface area contributed by atoms with Crippen LogP contribution in [0.5, 0.6) is 23.0 Å². The number of hydrogen-bond acceptors (Lipinski definition) is 20. The second kappa shape index (κ2) is 17.2. The lowest BCUT2D eigenvalue weighted by Gasteiger charge is -2.67. The Labute approximate surface area is 464 Å². The molecule has 3 saturated heterocycles.